The number of amides is 2. The summed E-state index contributed by atoms with van der Waals surface area (Å²) in [6.07, 6.45) is 6.28. The summed E-state index contributed by atoms with van der Waals surface area (Å²) in [6, 6.07) is 3.78. The third-order valence-electron chi connectivity index (χ3n) is 4.87. The highest BCUT2D eigenvalue weighted by Crippen LogP contribution is 2.36. The van der Waals surface area contributed by atoms with Gasteiger partial charge in [-0.1, -0.05) is 31.7 Å². The van der Waals surface area contributed by atoms with E-state index >= 15 is 0 Å². The molecule has 3 rings (SSSR count). The van der Waals surface area contributed by atoms with Crippen LogP contribution in [0.25, 0.3) is 5.57 Å². The SMILES string of the molecule is CN(CCO)C1=C(c2cccs2)C(=O)N(C2CCCCCC2)C1=O. The van der Waals surface area contributed by atoms with Crippen LogP contribution in [0.4, 0.5) is 0 Å². The number of aliphatic hydroxyl groups is 1. The van der Waals surface area contributed by atoms with Gasteiger partial charge in [-0.2, -0.15) is 0 Å². The first kappa shape index (κ1) is 17.2. The van der Waals surface area contributed by atoms with E-state index in [2.05, 4.69) is 0 Å². The summed E-state index contributed by atoms with van der Waals surface area (Å²) < 4.78 is 0. The van der Waals surface area contributed by atoms with E-state index in [1.54, 1.807) is 11.9 Å². The van der Waals surface area contributed by atoms with Crippen LogP contribution in [-0.2, 0) is 9.59 Å². The summed E-state index contributed by atoms with van der Waals surface area (Å²) in [7, 11) is 1.76. The average Bonchev–Trinajstić information content (AvgIpc) is 3.06. The molecule has 0 atom stereocenters. The molecule has 5 nitrogen and oxygen atoms in total. The van der Waals surface area contributed by atoms with Crippen molar-refractivity contribution < 1.29 is 14.7 Å². The van der Waals surface area contributed by atoms with Crippen LogP contribution in [0.1, 0.15) is 43.4 Å². The highest BCUT2D eigenvalue weighted by Gasteiger charge is 2.44. The maximum atomic E-state index is 13.1. The largest absolute Gasteiger partial charge is 0.395 e. The lowest BCUT2D eigenvalue weighted by atomic mass is 10.1. The quantitative estimate of drug-likeness (QED) is 0.656. The Kier molecular flexibility index (Phi) is 5.36. The molecule has 24 heavy (non-hydrogen) atoms. The molecule has 1 aliphatic heterocycles. The van der Waals surface area contributed by atoms with Gasteiger partial charge in [0.05, 0.1) is 12.2 Å². The van der Waals surface area contributed by atoms with E-state index in [-0.39, 0.29) is 24.5 Å². The molecule has 2 aliphatic rings. The number of hydrogen-bond donors (Lipinski definition) is 1. The Hall–Kier alpha value is -1.66. The fourth-order valence-corrected chi connectivity index (χ4v) is 4.40. The van der Waals surface area contributed by atoms with Crippen molar-refractivity contribution in [2.24, 2.45) is 0 Å². The molecule has 1 aliphatic carbocycles. The van der Waals surface area contributed by atoms with Gasteiger partial charge in [-0.15, -0.1) is 11.3 Å². The fourth-order valence-electron chi connectivity index (χ4n) is 3.64. The van der Waals surface area contributed by atoms with Crippen LogP contribution in [0.15, 0.2) is 23.2 Å². The highest BCUT2D eigenvalue weighted by atomic mass is 32.1. The van der Waals surface area contributed by atoms with Crippen LogP contribution in [0.2, 0.25) is 0 Å². The van der Waals surface area contributed by atoms with Crippen LogP contribution in [0.3, 0.4) is 0 Å². The van der Waals surface area contributed by atoms with Gasteiger partial charge in [0.1, 0.15) is 5.70 Å². The molecule has 1 aromatic rings. The maximum Gasteiger partial charge on any atom is 0.278 e. The Morgan fingerprint density at radius 2 is 1.92 bits per heavy atom. The zero-order chi connectivity index (χ0) is 17.1. The van der Waals surface area contributed by atoms with E-state index < -0.39 is 0 Å². The van der Waals surface area contributed by atoms with E-state index in [0.717, 1.165) is 30.6 Å². The predicted octanol–water partition coefficient (Wildman–Crippen LogP) is 2.47. The Morgan fingerprint density at radius 1 is 1.21 bits per heavy atom. The molecule has 0 bridgehead atoms. The van der Waals surface area contributed by atoms with Gasteiger partial charge in [-0.05, 0) is 24.3 Å². The zero-order valence-electron chi connectivity index (χ0n) is 14.0. The number of carbonyl (C=O) groups is 2. The molecule has 1 fully saturated rings. The average molecular weight is 348 g/mol. The summed E-state index contributed by atoms with van der Waals surface area (Å²) in [5.41, 5.74) is 0.927. The number of hydrogen-bond acceptors (Lipinski definition) is 5. The first-order chi connectivity index (χ1) is 11.6. The van der Waals surface area contributed by atoms with Gasteiger partial charge in [-0.3, -0.25) is 14.5 Å². The van der Waals surface area contributed by atoms with Crippen molar-refractivity contribution in [2.75, 3.05) is 20.2 Å². The molecule has 6 heteroatoms. The third kappa shape index (κ3) is 3.13. The van der Waals surface area contributed by atoms with Crippen LogP contribution in [0.5, 0.6) is 0 Å². The number of imide groups is 1. The lowest BCUT2D eigenvalue weighted by molar-refractivity contribution is -0.140. The van der Waals surface area contributed by atoms with Crippen LogP contribution in [-0.4, -0.2) is 53.0 Å². The summed E-state index contributed by atoms with van der Waals surface area (Å²) in [5, 5.41) is 11.2. The fraction of sp³-hybridized carbons (Fsp3) is 0.556. The summed E-state index contributed by atoms with van der Waals surface area (Å²) >= 11 is 1.47. The molecule has 2 heterocycles. The number of thiophene rings is 1. The van der Waals surface area contributed by atoms with Crippen molar-refractivity contribution in [3.63, 3.8) is 0 Å². The Bertz CT molecular complexity index is 631. The molecule has 0 unspecified atom stereocenters. The van der Waals surface area contributed by atoms with E-state index in [4.69, 9.17) is 0 Å². The number of likely N-dealkylation sites (N-methyl/N-ethyl adjacent to an activating group) is 1. The third-order valence-corrected chi connectivity index (χ3v) is 5.75. The molecule has 130 valence electrons. The van der Waals surface area contributed by atoms with Crippen molar-refractivity contribution in [1.29, 1.82) is 0 Å². The molecule has 1 saturated carbocycles. The Morgan fingerprint density at radius 3 is 2.50 bits per heavy atom. The number of rotatable bonds is 5. The normalized spacial score (nSPS) is 20.0. The smallest absolute Gasteiger partial charge is 0.278 e. The Labute approximate surface area is 146 Å². The summed E-state index contributed by atoms with van der Waals surface area (Å²) in [5.74, 6) is -0.375. The second-order valence-electron chi connectivity index (χ2n) is 6.47. The maximum absolute atomic E-state index is 13.1. The lowest BCUT2D eigenvalue weighted by Crippen LogP contribution is -2.42. The molecule has 0 saturated heterocycles. The molecule has 0 radical (unpaired) electrons. The van der Waals surface area contributed by atoms with Crippen LogP contribution >= 0.6 is 11.3 Å². The van der Waals surface area contributed by atoms with Gasteiger partial charge >= 0.3 is 0 Å². The minimum atomic E-state index is -0.203. The second kappa shape index (κ2) is 7.49. The van der Waals surface area contributed by atoms with Gasteiger partial charge in [0, 0.05) is 24.5 Å². The van der Waals surface area contributed by atoms with E-state index in [1.165, 1.54) is 29.1 Å². The molecular formula is C18H24N2O3S. The zero-order valence-corrected chi connectivity index (χ0v) is 14.8. The first-order valence-corrected chi connectivity index (χ1v) is 9.51. The van der Waals surface area contributed by atoms with Gasteiger partial charge in [-0.25, -0.2) is 0 Å². The minimum absolute atomic E-state index is 0.00230. The van der Waals surface area contributed by atoms with Gasteiger partial charge in [0.15, 0.2) is 0 Å². The summed E-state index contributed by atoms with van der Waals surface area (Å²) in [6.45, 7) is 0.282. The van der Waals surface area contributed by atoms with Gasteiger partial charge in [0.2, 0.25) is 0 Å². The molecular weight excluding hydrogens is 324 g/mol. The molecule has 0 spiro atoms. The molecule has 1 N–H and O–H groups in total. The highest BCUT2D eigenvalue weighted by molar-refractivity contribution is 7.11. The Balaban J connectivity index is 1.97. The van der Waals surface area contributed by atoms with Gasteiger partial charge in [0.25, 0.3) is 11.8 Å². The van der Waals surface area contributed by atoms with E-state index in [0.29, 0.717) is 17.8 Å². The summed E-state index contributed by atoms with van der Waals surface area (Å²) in [4.78, 5) is 30.2. The monoisotopic (exact) mass is 348 g/mol. The van der Waals surface area contributed by atoms with Crippen molar-refractivity contribution in [3.8, 4) is 0 Å². The molecule has 0 aromatic carbocycles. The lowest BCUT2D eigenvalue weighted by Gasteiger charge is -2.26. The van der Waals surface area contributed by atoms with Crippen molar-refractivity contribution in [1.82, 2.24) is 9.80 Å². The molecule has 1 aromatic heterocycles. The van der Waals surface area contributed by atoms with Crippen molar-refractivity contribution in [3.05, 3.63) is 28.1 Å². The predicted molar refractivity (Wildman–Crippen MR) is 94.3 cm³/mol. The number of carbonyl (C=O) groups excluding carboxylic acids is 2. The van der Waals surface area contributed by atoms with Crippen molar-refractivity contribution in [2.45, 2.75) is 44.6 Å². The second-order valence-corrected chi connectivity index (χ2v) is 7.42. The minimum Gasteiger partial charge on any atom is -0.395 e. The van der Waals surface area contributed by atoms with E-state index in [1.807, 2.05) is 17.5 Å². The topological polar surface area (TPSA) is 60.9 Å². The van der Waals surface area contributed by atoms with Gasteiger partial charge < -0.3 is 10.0 Å². The standard InChI is InChI=1S/C18H24N2O3S/c1-19(10-11-21)16-15(14-9-6-12-24-14)17(22)20(18(16)23)13-7-4-2-3-5-8-13/h6,9,12-13,21H,2-5,7-8,10-11H2,1H3. The van der Waals surface area contributed by atoms with Crippen LogP contribution < -0.4 is 0 Å². The first-order valence-electron chi connectivity index (χ1n) is 8.63. The van der Waals surface area contributed by atoms with E-state index in [9.17, 15) is 14.7 Å². The molecule has 2 amide bonds. The van der Waals surface area contributed by atoms with Crippen molar-refractivity contribution >= 4 is 28.7 Å². The van der Waals surface area contributed by atoms with Crippen LogP contribution in [0, 0.1) is 0 Å². The number of nitrogens with zero attached hydrogens (tertiary/aromatic N) is 2. The number of aliphatic hydroxyl groups excluding tert-OH is 1.